The quantitative estimate of drug-likeness (QED) is 0.867. The van der Waals surface area contributed by atoms with E-state index in [-0.39, 0.29) is 10.8 Å². The molecule has 1 aliphatic rings. The number of halogens is 1. The van der Waals surface area contributed by atoms with Gasteiger partial charge in [0.15, 0.2) is 0 Å². The summed E-state index contributed by atoms with van der Waals surface area (Å²) in [5.41, 5.74) is 2.07. The van der Waals surface area contributed by atoms with E-state index in [1.54, 1.807) is 49.6 Å². The number of ether oxygens (including phenoxy) is 2. The molecule has 0 spiro atoms. The molecule has 0 bridgehead atoms. The number of esters is 1. The van der Waals surface area contributed by atoms with Crippen LogP contribution in [0.1, 0.15) is 11.1 Å². The number of hydrogen-bond acceptors (Lipinski definition) is 4. The summed E-state index contributed by atoms with van der Waals surface area (Å²) in [7, 11) is 1.58. The molecule has 0 unspecified atom stereocenters. The third kappa shape index (κ3) is 3.07. The van der Waals surface area contributed by atoms with E-state index < -0.39 is 5.97 Å². The minimum absolute atomic E-state index is 0.0418. The number of phenols is 1. The van der Waals surface area contributed by atoms with E-state index in [1.807, 2.05) is 12.1 Å². The highest BCUT2D eigenvalue weighted by Crippen LogP contribution is 2.38. The molecule has 0 aliphatic carbocycles. The molecule has 2 aromatic carbocycles. The molecule has 3 rings (SSSR count). The van der Waals surface area contributed by atoms with Crippen molar-refractivity contribution >= 4 is 29.2 Å². The Hall–Kier alpha value is -2.72. The third-order valence-corrected chi connectivity index (χ3v) is 3.76. The summed E-state index contributed by atoms with van der Waals surface area (Å²) in [6, 6.07) is 13.7. The Morgan fingerprint density at radius 2 is 1.74 bits per heavy atom. The number of carbonyl (C=O) groups excluding carboxylic acids is 1. The summed E-state index contributed by atoms with van der Waals surface area (Å²) in [4.78, 5) is 11.8. The highest BCUT2D eigenvalue weighted by Gasteiger charge is 2.29. The lowest BCUT2D eigenvalue weighted by molar-refractivity contribution is -0.132. The van der Waals surface area contributed by atoms with Crippen LogP contribution in [0.2, 0.25) is 0 Å². The van der Waals surface area contributed by atoms with Gasteiger partial charge in [0.1, 0.15) is 22.3 Å². The molecule has 0 fully saturated rings. The van der Waals surface area contributed by atoms with E-state index in [2.05, 4.69) is 0 Å². The Kier molecular flexibility index (Phi) is 4.08. The number of methoxy groups -OCH3 is 1. The van der Waals surface area contributed by atoms with Gasteiger partial charge in [-0.15, -0.1) is 0 Å². The van der Waals surface area contributed by atoms with Gasteiger partial charge in [-0.05, 0) is 41.5 Å². The first-order valence-electron chi connectivity index (χ1n) is 6.86. The first kappa shape index (κ1) is 15.2. The van der Waals surface area contributed by atoms with Crippen LogP contribution in [0.15, 0.2) is 59.3 Å². The number of phenolic OH excluding ortho intramolecular Hbond substituents is 1. The van der Waals surface area contributed by atoms with Crippen molar-refractivity contribution in [1.29, 1.82) is 0 Å². The van der Waals surface area contributed by atoms with Crippen molar-refractivity contribution < 1.29 is 19.4 Å². The van der Waals surface area contributed by atoms with Crippen LogP contribution in [0.25, 0.3) is 11.6 Å². The molecule has 4 nitrogen and oxygen atoms in total. The number of allylic oxidation sites excluding steroid dienone is 1. The number of carbonyl (C=O) groups is 1. The van der Waals surface area contributed by atoms with Gasteiger partial charge in [0.25, 0.3) is 0 Å². The fourth-order valence-electron chi connectivity index (χ4n) is 2.26. The van der Waals surface area contributed by atoms with Gasteiger partial charge in [-0.25, -0.2) is 4.79 Å². The minimum Gasteiger partial charge on any atom is -0.508 e. The highest BCUT2D eigenvalue weighted by atomic mass is 35.5. The van der Waals surface area contributed by atoms with E-state index >= 15 is 0 Å². The first-order valence-corrected chi connectivity index (χ1v) is 7.24. The molecule has 23 heavy (non-hydrogen) atoms. The van der Waals surface area contributed by atoms with Crippen LogP contribution in [0.3, 0.4) is 0 Å². The molecular formula is C18H13ClO4. The van der Waals surface area contributed by atoms with Crippen LogP contribution in [-0.2, 0) is 9.53 Å². The number of benzene rings is 2. The zero-order chi connectivity index (χ0) is 16.4. The van der Waals surface area contributed by atoms with Crippen molar-refractivity contribution in [2.24, 2.45) is 0 Å². The summed E-state index contributed by atoms with van der Waals surface area (Å²) < 4.78 is 10.4. The van der Waals surface area contributed by atoms with Crippen molar-refractivity contribution in [3.05, 3.63) is 70.4 Å². The maximum Gasteiger partial charge on any atom is 0.355 e. The molecule has 0 atom stereocenters. The lowest BCUT2D eigenvalue weighted by Crippen LogP contribution is -1.93. The Labute approximate surface area is 138 Å². The monoisotopic (exact) mass is 328 g/mol. The minimum atomic E-state index is -0.581. The molecule has 1 N–H and O–H groups in total. The smallest absolute Gasteiger partial charge is 0.355 e. The number of rotatable bonds is 3. The maximum absolute atomic E-state index is 11.8. The average Bonchev–Trinajstić information content (AvgIpc) is 2.84. The lowest BCUT2D eigenvalue weighted by atomic mass is 10.0. The Morgan fingerprint density at radius 1 is 1.09 bits per heavy atom. The summed E-state index contributed by atoms with van der Waals surface area (Å²) in [5, 5.41) is 9.37. The third-order valence-electron chi connectivity index (χ3n) is 3.42. The van der Waals surface area contributed by atoms with Gasteiger partial charge in [-0.1, -0.05) is 35.9 Å². The van der Waals surface area contributed by atoms with Gasteiger partial charge < -0.3 is 14.6 Å². The predicted octanol–water partition coefficient (Wildman–Crippen LogP) is 3.95. The topological polar surface area (TPSA) is 55.8 Å². The van der Waals surface area contributed by atoms with Crippen molar-refractivity contribution in [2.45, 2.75) is 0 Å². The molecule has 0 aromatic heterocycles. The van der Waals surface area contributed by atoms with E-state index in [0.717, 1.165) is 11.1 Å². The highest BCUT2D eigenvalue weighted by molar-refractivity contribution is 6.46. The lowest BCUT2D eigenvalue weighted by Gasteiger charge is -2.06. The second-order valence-electron chi connectivity index (χ2n) is 4.91. The summed E-state index contributed by atoms with van der Waals surface area (Å²) in [6.07, 6.45) is 1.70. The van der Waals surface area contributed by atoms with Crippen molar-refractivity contribution in [2.75, 3.05) is 7.11 Å². The zero-order valence-electron chi connectivity index (χ0n) is 12.2. The Bertz CT molecular complexity index is 802. The van der Waals surface area contributed by atoms with Crippen LogP contribution in [0, 0.1) is 0 Å². The molecule has 0 radical (unpaired) electrons. The summed E-state index contributed by atoms with van der Waals surface area (Å²) in [6.45, 7) is 0. The van der Waals surface area contributed by atoms with Crippen molar-refractivity contribution in [3.63, 3.8) is 0 Å². The number of hydrogen-bond donors (Lipinski definition) is 1. The largest absolute Gasteiger partial charge is 0.508 e. The van der Waals surface area contributed by atoms with Crippen LogP contribution in [-0.4, -0.2) is 18.2 Å². The molecule has 5 heteroatoms. The second kappa shape index (κ2) is 6.18. The Morgan fingerprint density at radius 3 is 2.35 bits per heavy atom. The molecule has 1 aliphatic heterocycles. The van der Waals surface area contributed by atoms with E-state index in [9.17, 15) is 9.90 Å². The van der Waals surface area contributed by atoms with Gasteiger partial charge in [0.05, 0.1) is 12.7 Å². The van der Waals surface area contributed by atoms with Crippen molar-refractivity contribution in [1.82, 2.24) is 0 Å². The first-order chi connectivity index (χ1) is 11.1. The van der Waals surface area contributed by atoms with Gasteiger partial charge in [0, 0.05) is 0 Å². The number of aromatic hydroxyl groups is 1. The molecule has 0 saturated carbocycles. The van der Waals surface area contributed by atoms with Gasteiger partial charge >= 0.3 is 5.97 Å². The predicted molar refractivity (Wildman–Crippen MR) is 87.9 cm³/mol. The normalized spacial score (nSPS) is 15.9. The zero-order valence-corrected chi connectivity index (χ0v) is 13.0. The molecule has 2 aromatic rings. The SMILES string of the molecule is COc1ccc(C2=C(Cl)C(=O)O/C2=C\c2ccc(O)cc2)cc1. The molecule has 0 saturated heterocycles. The maximum atomic E-state index is 11.8. The fourth-order valence-corrected chi connectivity index (χ4v) is 2.50. The van der Waals surface area contributed by atoms with E-state index in [4.69, 9.17) is 21.1 Å². The van der Waals surface area contributed by atoms with E-state index in [1.165, 1.54) is 0 Å². The van der Waals surface area contributed by atoms with Crippen LogP contribution in [0.4, 0.5) is 0 Å². The van der Waals surface area contributed by atoms with Gasteiger partial charge in [0.2, 0.25) is 0 Å². The van der Waals surface area contributed by atoms with Gasteiger partial charge in [-0.3, -0.25) is 0 Å². The number of cyclic esters (lactones) is 1. The average molecular weight is 329 g/mol. The summed E-state index contributed by atoms with van der Waals surface area (Å²) in [5.74, 6) is 0.665. The van der Waals surface area contributed by atoms with Crippen LogP contribution < -0.4 is 4.74 Å². The fraction of sp³-hybridized carbons (Fsp3) is 0.0556. The molecular weight excluding hydrogens is 316 g/mol. The molecule has 0 amide bonds. The standard InChI is InChI=1S/C18H13ClO4/c1-22-14-8-4-12(5-9-14)16-15(23-18(21)17(16)19)10-11-2-6-13(20)7-3-11/h2-10,20H,1H3/b15-10-. The van der Waals surface area contributed by atoms with E-state index in [0.29, 0.717) is 17.1 Å². The second-order valence-corrected chi connectivity index (χ2v) is 5.29. The Balaban J connectivity index is 2.03. The van der Waals surface area contributed by atoms with Crippen molar-refractivity contribution in [3.8, 4) is 11.5 Å². The van der Waals surface area contributed by atoms with Crippen LogP contribution in [0.5, 0.6) is 11.5 Å². The summed E-state index contributed by atoms with van der Waals surface area (Å²) >= 11 is 6.12. The molecule has 1 heterocycles. The molecule has 116 valence electrons. The van der Waals surface area contributed by atoms with Crippen LogP contribution >= 0.6 is 11.6 Å². The van der Waals surface area contributed by atoms with Gasteiger partial charge in [-0.2, -0.15) is 0 Å².